The van der Waals surface area contributed by atoms with E-state index in [0.29, 0.717) is 54.0 Å². The molecule has 1 heterocycles. The molecular formula is C48H59ClFN3O12. The van der Waals surface area contributed by atoms with Crippen molar-refractivity contribution in [1.29, 1.82) is 0 Å². The summed E-state index contributed by atoms with van der Waals surface area (Å²) in [5.41, 5.74) is 3.06. The lowest BCUT2D eigenvalue weighted by molar-refractivity contribution is -0.384. The summed E-state index contributed by atoms with van der Waals surface area (Å²) < 4.78 is 46.6. The van der Waals surface area contributed by atoms with Crippen molar-refractivity contribution in [1.82, 2.24) is 4.90 Å². The monoisotopic (exact) mass is 923 g/mol. The number of nitro groups is 1. The fraction of sp³-hybridized carbons (Fsp3) is 0.500. The average molecular weight is 924 g/mol. The Hall–Kier alpha value is -5.10. The number of carbonyl (C=O) groups excluding carboxylic acids is 1. The first kappa shape index (κ1) is 49.3. The second kappa shape index (κ2) is 24.4. The number of amides is 1. The summed E-state index contributed by atoms with van der Waals surface area (Å²) in [6, 6.07) is 16.9. The van der Waals surface area contributed by atoms with Crippen molar-refractivity contribution >= 4 is 29.1 Å². The molecule has 1 saturated carbocycles. The molecule has 6 atom stereocenters. The molecule has 0 spiro atoms. The first-order chi connectivity index (χ1) is 31.7. The van der Waals surface area contributed by atoms with Crippen LogP contribution in [0.3, 0.4) is 0 Å². The molecule has 3 aromatic rings. The number of oxime groups is 1. The second-order valence-electron chi connectivity index (χ2n) is 16.2. The molecule has 1 aliphatic heterocycles. The molecular weight excluding hydrogens is 865 g/mol. The number of allylic oxidation sites excluding steroid dienone is 1. The minimum absolute atomic E-state index is 0.00110. The van der Waals surface area contributed by atoms with Crippen molar-refractivity contribution in [3.05, 3.63) is 124 Å². The molecule has 1 amide bonds. The van der Waals surface area contributed by atoms with Crippen LogP contribution < -0.4 is 9.47 Å². The summed E-state index contributed by atoms with van der Waals surface area (Å²) in [6.07, 6.45) is 7.16. The molecule has 17 heteroatoms. The number of halogens is 2. The van der Waals surface area contributed by atoms with E-state index in [1.54, 1.807) is 48.5 Å². The van der Waals surface area contributed by atoms with Gasteiger partial charge < -0.3 is 43.8 Å². The molecule has 0 radical (unpaired) electrons. The summed E-state index contributed by atoms with van der Waals surface area (Å²) in [5.74, 6) is -2.17. The maximum Gasteiger partial charge on any atom is 0.410 e. The number of fused-ring (bicyclic) bond motifs is 2. The maximum atomic E-state index is 14.8. The quantitative estimate of drug-likeness (QED) is 0.0233. The summed E-state index contributed by atoms with van der Waals surface area (Å²) >= 11 is 6.03. The molecule has 1 fully saturated rings. The van der Waals surface area contributed by atoms with Crippen molar-refractivity contribution in [3.63, 3.8) is 0 Å². The fourth-order valence-electron chi connectivity index (χ4n) is 9.33. The molecule has 2 aliphatic carbocycles. The largest absolute Gasteiger partial charge is 0.489 e. The Morgan fingerprint density at radius 3 is 2.48 bits per heavy atom. The van der Waals surface area contributed by atoms with Gasteiger partial charge in [-0.2, -0.15) is 0 Å². The van der Waals surface area contributed by atoms with Gasteiger partial charge in [-0.1, -0.05) is 48.3 Å². The number of aliphatic hydroxyl groups is 3. The number of ether oxygens (including phenoxy) is 5. The summed E-state index contributed by atoms with van der Waals surface area (Å²) in [5, 5.41) is 45.5. The first-order valence-corrected chi connectivity index (χ1v) is 22.7. The molecule has 6 rings (SSSR count). The van der Waals surface area contributed by atoms with Crippen LogP contribution >= 0.6 is 11.6 Å². The Labute approximate surface area is 383 Å². The molecule has 0 unspecified atom stereocenters. The van der Waals surface area contributed by atoms with Crippen LogP contribution in [0.15, 0.2) is 96.2 Å². The predicted molar refractivity (Wildman–Crippen MR) is 240 cm³/mol. The Balaban J connectivity index is 1.55. The SMILES string of the molecule is C=CCO[C@@]12Oc3ccc(OCc4ccccc4F)cc3[C@H]3[C@H](CCCCO)[C@@H](CCCCO)C=C(C(=NOCc4ccc([N+](=O)[O-])cc4)C[C@@H]1N(CCOCCO)C(=O)OCCCl)[C@H]32. The third-order valence-corrected chi connectivity index (χ3v) is 12.3. The van der Waals surface area contributed by atoms with Gasteiger partial charge in [0.25, 0.3) is 5.69 Å². The molecule has 3 aromatic carbocycles. The summed E-state index contributed by atoms with van der Waals surface area (Å²) in [4.78, 5) is 32.8. The Kier molecular flexibility index (Phi) is 18.5. The molecule has 15 nitrogen and oxygen atoms in total. The second-order valence-corrected chi connectivity index (χ2v) is 16.6. The van der Waals surface area contributed by atoms with Crippen LogP contribution in [0.25, 0.3) is 0 Å². The van der Waals surface area contributed by atoms with Gasteiger partial charge in [-0.3, -0.25) is 15.0 Å². The van der Waals surface area contributed by atoms with E-state index in [9.17, 15) is 34.6 Å². The highest BCUT2D eigenvalue weighted by atomic mass is 35.5. The van der Waals surface area contributed by atoms with E-state index in [1.165, 1.54) is 23.1 Å². The van der Waals surface area contributed by atoms with Crippen molar-refractivity contribution in [2.45, 2.75) is 75.9 Å². The standard InChI is InChI=1S/C48H59ClFN3O12/c1-2-24-63-48-44(52(20-26-60-27-23-56)47(57)61-25-19-49)30-42(51-64-31-33-13-15-36(16-14-33)53(58)59)39-28-34(9-5-7-21-54)38(11-6-8-22-55)45(46(39)48)40-29-37(17-18-43(40)65-48)62-32-35-10-3-4-12-41(35)50/h2-4,10,12-18,28-29,34,38,44-46,54-56H,1,5-9,11,19-27,30-32H2/t34-,38+,44-,45+,46+,48+/m0/s1. The third kappa shape index (κ3) is 12.0. The van der Waals surface area contributed by atoms with Gasteiger partial charge in [0.15, 0.2) is 0 Å². The zero-order chi connectivity index (χ0) is 46.2. The number of hydrogen-bond donors (Lipinski definition) is 3. The molecule has 352 valence electrons. The lowest BCUT2D eigenvalue weighted by Crippen LogP contribution is -2.70. The minimum Gasteiger partial charge on any atom is -0.489 e. The van der Waals surface area contributed by atoms with Gasteiger partial charge in [-0.25, -0.2) is 9.18 Å². The molecule has 3 N–H and O–H groups in total. The molecule has 3 aliphatic rings. The number of unbranched alkanes of at least 4 members (excludes halogenated alkanes) is 2. The van der Waals surface area contributed by atoms with Gasteiger partial charge in [-0.15, -0.1) is 18.2 Å². The van der Waals surface area contributed by atoms with Gasteiger partial charge in [0.05, 0.1) is 48.9 Å². The van der Waals surface area contributed by atoms with Crippen molar-refractivity contribution < 1.29 is 57.9 Å². The number of nitrogens with zero attached hydrogens (tertiary/aromatic N) is 3. The lowest BCUT2D eigenvalue weighted by atomic mass is 9.55. The van der Waals surface area contributed by atoms with Crippen LogP contribution in [0.2, 0.25) is 0 Å². The van der Waals surface area contributed by atoms with E-state index in [-0.39, 0.29) is 108 Å². The summed E-state index contributed by atoms with van der Waals surface area (Å²) in [7, 11) is 0. The van der Waals surface area contributed by atoms with E-state index in [2.05, 4.69) is 12.7 Å². The number of hydrogen-bond acceptors (Lipinski definition) is 13. The number of benzene rings is 3. The fourth-order valence-corrected chi connectivity index (χ4v) is 9.40. The number of non-ortho nitro benzene ring substituents is 1. The van der Waals surface area contributed by atoms with E-state index >= 15 is 0 Å². The highest BCUT2D eigenvalue weighted by Crippen LogP contribution is 2.62. The van der Waals surface area contributed by atoms with Crippen molar-refractivity contribution in [2.24, 2.45) is 22.9 Å². The number of carbonyl (C=O) groups is 1. The highest BCUT2D eigenvalue weighted by Gasteiger charge is 2.65. The van der Waals surface area contributed by atoms with Crippen molar-refractivity contribution in [3.8, 4) is 11.5 Å². The van der Waals surface area contributed by atoms with E-state index in [1.807, 2.05) is 6.07 Å². The molecule has 0 saturated heterocycles. The van der Waals surface area contributed by atoms with Crippen molar-refractivity contribution in [2.75, 3.05) is 58.7 Å². The zero-order valence-electron chi connectivity index (χ0n) is 36.4. The lowest BCUT2D eigenvalue weighted by Gasteiger charge is -2.59. The molecule has 0 aromatic heterocycles. The van der Waals surface area contributed by atoms with Crippen LogP contribution in [0.4, 0.5) is 14.9 Å². The average Bonchev–Trinajstić information content (AvgIpc) is 3.31. The smallest absolute Gasteiger partial charge is 0.410 e. The first-order valence-electron chi connectivity index (χ1n) is 22.2. The predicted octanol–water partition coefficient (Wildman–Crippen LogP) is 7.83. The van der Waals surface area contributed by atoms with Gasteiger partial charge in [0, 0.05) is 55.4 Å². The Bertz CT molecular complexity index is 2110. The zero-order valence-corrected chi connectivity index (χ0v) is 37.2. The molecule has 65 heavy (non-hydrogen) atoms. The minimum atomic E-state index is -1.60. The van der Waals surface area contributed by atoms with Gasteiger partial charge in [-0.05, 0) is 85.1 Å². The van der Waals surface area contributed by atoms with Crippen LogP contribution in [0.5, 0.6) is 11.5 Å². The van der Waals surface area contributed by atoms with E-state index in [4.69, 9.17) is 45.3 Å². The van der Waals surface area contributed by atoms with Gasteiger partial charge in [0.1, 0.15) is 43.2 Å². The number of nitro benzene ring substituents is 1. The molecule has 0 bridgehead atoms. The number of rotatable bonds is 26. The van der Waals surface area contributed by atoms with E-state index < -0.39 is 28.8 Å². The van der Waals surface area contributed by atoms with Crippen LogP contribution in [0.1, 0.15) is 67.6 Å². The van der Waals surface area contributed by atoms with E-state index in [0.717, 1.165) is 24.0 Å². The Morgan fingerprint density at radius 1 is 1.00 bits per heavy atom. The summed E-state index contributed by atoms with van der Waals surface area (Å²) in [6.45, 7) is 3.75. The number of aliphatic hydroxyl groups excluding tert-OH is 3. The van der Waals surface area contributed by atoms with Crippen LogP contribution in [0, 0.1) is 33.7 Å². The van der Waals surface area contributed by atoms with Gasteiger partial charge >= 0.3 is 6.09 Å². The maximum absolute atomic E-state index is 14.8. The van der Waals surface area contributed by atoms with Crippen LogP contribution in [-0.4, -0.2) is 107 Å². The topological polar surface area (TPSA) is 192 Å². The van der Waals surface area contributed by atoms with Crippen LogP contribution in [-0.2, 0) is 32.3 Å². The Morgan fingerprint density at radius 2 is 1.77 bits per heavy atom. The highest BCUT2D eigenvalue weighted by molar-refractivity contribution is 6.18. The van der Waals surface area contributed by atoms with Gasteiger partial charge in [0.2, 0.25) is 5.79 Å². The third-order valence-electron chi connectivity index (χ3n) is 12.2. The normalized spacial score (nSPS) is 22.5. The number of alkyl halides is 1.